The molecule has 3 aromatic rings. The van der Waals surface area contributed by atoms with Gasteiger partial charge in [-0.3, -0.25) is 9.88 Å². The van der Waals surface area contributed by atoms with Crippen molar-refractivity contribution < 1.29 is 0 Å². The normalized spacial score (nSPS) is 18.2. The van der Waals surface area contributed by atoms with E-state index in [1.165, 1.54) is 4.88 Å². The maximum atomic E-state index is 4.66. The molecule has 1 aliphatic rings. The van der Waals surface area contributed by atoms with Gasteiger partial charge in [-0.1, -0.05) is 0 Å². The standard InChI is InChI=1S/C18H23N7S/c1-13-8-21-18(26-13)23-17-16(19-5-6-20-17)14-4-3-7-25(9-14)11-15-10-24(2)12-22-15/h5-6,8,10,12,14H,3-4,7,9,11H2,1-2H3,(H,20,21,23)/t14-/m0/s1. The molecular formula is C18H23N7S. The monoisotopic (exact) mass is 369 g/mol. The SMILES string of the molecule is Cc1cnc(Nc2nccnc2[C@H]2CCCN(Cc3cn(C)cn3)C2)s1. The van der Waals surface area contributed by atoms with Crippen LogP contribution in [0.2, 0.25) is 0 Å². The Hall–Kier alpha value is -2.32. The van der Waals surface area contributed by atoms with E-state index in [1.807, 2.05) is 24.1 Å². The van der Waals surface area contributed by atoms with Crippen molar-refractivity contribution in [2.45, 2.75) is 32.2 Å². The van der Waals surface area contributed by atoms with Crippen LogP contribution in [0, 0.1) is 6.92 Å². The van der Waals surface area contributed by atoms with Crippen molar-refractivity contribution in [3.05, 3.63) is 47.4 Å². The molecule has 0 unspecified atom stereocenters. The van der Waals surface area contributed by atoms with Crippen LogP contribution in [0.25, 0.3) is 0 Å². The number of imidazole rings is 1. The minimum Gasteiger partial charge on any atom is -0.340 e. The van der Waals surface area contributed by atoms with Crippen LogP contribution in [0.4, 0.5) is 10.9 Å². The largest absolute Gasteiger partial charge is 0.340 e. The maximum Gasteiger partial charge on any atom is 0.188 e. The fourth-order valence-corrected chi connectivity index (χ4v) is 4.12. The second-order valence-electron chi connectivity index (χ2n) is 6.80. The Kier molecular flexibility index (Phi) is 4.94. The lowest BCUT2D eigenvalue weighted by molar-refractivity contribution is 0.197. The number of piperidine rings is 1. The van der Waals surface area contributed by atoms with E-state index in [-0.39, 0.29) is 0 Å². The first kappa shape index (κ1) is 17.1. The number of rotatable bonds is 5. The van der Waals surface area contributed by atoms with Crippen LogP contribution < -0.4 is 5.32 Å². The van der Waals surface area contributed by atoms with Gasteiger partial charge in [-0.15, -0.1) is 11.3 Å². The second kappa shape index (κ2) is 7.51. The van der Waals surface area contributed by atoms with Crippen molar-refractivity contribution >= 4 is 22.3 Å². The molecule has 1 aliphatic heterocycles. The molecule has 0 saturated carbocycles. The third-order valence-corrected chi connectivity index (χ3v) is 5.44. The molecule has 0 spiro atoms. The molecule has 4 rings (SSSR count). The average Bonchev–Trinajstić information content (AvgIpc) is 3.24. The van der Waals surface area contributed by atoms with Crippen molar-refractivity contribution in [2.24, 2.45) is 7.05 Å². The van der Waals surface area contributed by atoms with Crippen LogP contribution in [0.5, 0.6) is 0 Å². The molecule has 0 aliphatic carbocycles. The Morgan fingerprint density at radius 3 is 2.88 bits per heavy atom. The summed E-state index contributed by atoms with van der Waals surface area (Å²) in [7, 11) is 2.01. The molecule has 1 N–H and O–H groups in total. The zero-order valence-electron chi connectivity index (χ0n) is 15.1. The molecule has 8 heteroatoms. The summed E-state index contributed by atoms with van der Waals surface area (Å²) in [5, 5.41) is 4.22. The van der Waals surface area contributed by atoms with E-state index in [0.29, 0.717) is 5.92 Å². The summed E-state index contributed by atoms with van der Waals surface area (Å²) >= 11 is 1.63. The summed E-state index contributed by atoms with van der Waals surface area (Å²) in [6.07, 6.45) is 11.6. The Morgan fingerprint density at radius 2 is 2.12 bits per heavy atom. The van der Waals surface area contributed by atoms with E-state index in [4.69, 9.17) is 0 Å². The van der Waals surface area contributed by atoms with Gasteiger partial charge in [-0.05, 0) is 26.3 Å². The predicted octanol–water partition coefficient (Wildman–Crippen LogP) is 3.10. The molecule has 0 amide bonds. The van der Waals surface area contributed by atoms with E-state index in [1.54, 1.807) is 23.7 Å². The Morgan fingerprint density at radius 1 is 1.23 bits per heavy atom. The summed E-state index contributed by atoms with van der Waals surface area (Å²) in [5.41, 5.74) is 2.15. The van der Waals surface area contributed by atoms with Crippen LogP contribution in [0.15, 0.2) is 31.1 Å². The number of nitrogens with zero attached hydrogens (tertiary/aromatic N) is 6. The van der Waals surface area contributed by atoms with Gasteiger partial charge in [0.1, 0.15) is 0 Å². The molecule has 26 heavy (non-hydrogen) atoms. The number of likely N-dealkylation sites (tertiary alicyclic amines) is 1. The Balaban J connectivity index is 1.49. The first-order valence-corrected chi connectivity index (χ1v) is 9.68. The van der Waals surface area contributed by atoms with Gasteiger partial charge >= 0.3 is 0 Å². The van der Waals surface area contributed by atoms with E-state index in [2.05, 4.69) is 43.3 Å². The number of hydrogen-bond acceptors (Lipinski definition) is 7. The van der Waals surface area contributed by atoms with Crippen LogP contribution in [0.1, 0.15) is 35.0 Å². The fraction of sp³-hybridized carbons (Fsp3) is 0.444. The first-order chi connectivity index (χ1) is 12.7. The van der Waals surface area contributed by atoms with Gasteiger partial charge < -0.3 is 9.88 Å². The fourth-order valence-electron chi connectivity index (χ4n) is 3.46. The van der Waals surface area contributed by atoms with Crippen molar-refractivity contribution in [1.82, 2.24) is 29.4 Å². The molecule has 0 bridgehead atoms. The van der Waals surface area contributed by atoms with E-state index < -0.39 is 0 Å². The van der Waals surface area contributed by atoms with Gasteiger partial charge in [0.25, 0.3) is 0 Å². The van der Waals surface area contributed by atoms with Crippen LogP contribution in [-0.4, -0.2) is 42.5 Å². The molecular weight excluding hydrogens is 346 g/mol. The van der Waals surface area contributed by atoms with E-state index in [9.17, 15) is 0 Å². The molecule has 1 saturated heterocycles. The Labute approximate surface area is 157 Å². The molecule has 3 aromatic heterocycles. The average molecular weight is 369 g/mol. The minimum atomic E-state index is 0.365. The number of aromatic nitrogens is 5. The smallest absolute Gasteiger partial charge is 0.188 e. The molecule has 136 valence electrons. The van der Waals surface area contributed by atoms with E-state index >= 15 is 0 Å². The number of hydrogen-bond donors (Lipinski definition) is 1. The Bertz CT molecular complexity index is 872. The number of thiazole rings is 1. The van der Waals surface area contributed by atoms with Crippen molar-refractivity contribution in [3.63, 3.8) is 0 Å². The lowest BCUT2D eigenvalue weighted by Crippen LogP contribution is -2.34. The molecule has 4 heterocycles. The predicted molar refractivity (Wildman–Crippen MR) is 103 cm³/mol. The van der Waals surface area contributed by atoms with Gasteiger partial charge in [0.2, 0.25) is 0 Å². The van der Waals surface area contributed by atoms with Crippen molar-refractivity contribution in [3.8, 4) is 0 Å². The second-order valence-corrected chi connectivity index (χ2v) is 8.03. The number of aryl methyl sites for hydroxylation is 2. The topological polar surface area (TPSA) is 71.8 Å². The summed E-state index contributed by atoms with van der Waals surface area (Å²) in [6.45, 7) is 5.01. The molecule has 0 aromatic carbocycles. The van der Waals surface area contributed by atoms with Crippen LogP contribution in [-0.2, 0) is 13.6 Å². The maximum absolute atomic E-state index is 4.66. The molecule has 1 atom stereocenters. The number of nitrogens with one attached hydrogen (secondary N) is 1. The lowest BCUT2D eigenvalue weighted by atomic mass is 9.94. The number of anilines is 2. The first-order valence-electron chi connectivity index (χ1n) is 8.87. The summed E-state index contributed by atoms with van der Waals surface area (Å²) in [6, 6.07) is 0. The summed E-state index contributed by atoms with van der Waals surface area (Å²) in [5.74, 6) is 1.19. The highest BCUT2D eigenvalue weighted by atomic mass is 32.1. The van der Waals surface area contributed by atoms with Crippen LogP contribution in [0.3, 0.4) is 0 Å². The highest BCUT2D eigenvalue weighted by Crippen LogP contribution is 2.31. The lowest BCUT2D eigenvalue weighted by Gasteiger charge is -2.32. The van der Waals surface area contributed by atoms with Gasteiger partial charge in [-0.2, -0.15) is 0 Å². The van der Waals surface area contributed by atoms with Crippen molar-refractivity contribution in [2.75, 3.05) is 18.4 Å². The highest BCUT2D eigenvalue weighted by Gasteiger charge is 2.25. The van der Waals surface area contributed by atoms with Gasteiger partial charge in [-0.25, -0.2) is 15.0 Å². The van der Waals surface area contributed by atoms with Gasteiger partial charge in [0.05, 0.1) is 17.7 Å². The molecule has 0 radical (unpaired) electrons. The zero-order chi connectivity index (χ0) is 17.9. The van der Waals surface area contributed by atoms with Crippen molar-refractivity contribution in [1.29, 1.82) is 0 Å². The highest BCUT2D eigenvalue weighted by molar-refractivity contribution is 7.15. The van der Waals surface area contributed by atoms with Gasteiger partial charge in [0.15, 0.2) is 10.9 Å². The molecule has 7 nitrogen and oxygen atoms in total. The summed E-state index contributed by atoms with van der Waals surface area (Å²) in [4.78, 5) is 21.7. The quantitative estimate of drug-likeness (QED) is 0.745. The molecule has 1 fully saturated rings. The third kappa shape index (κ3) is 3.91. The summed E-state index contributed by atoms with van der Waals surface area (Å²) < 4.78 is 2.00. The zero-order valence-corrected chi connectivity index (χ0v) is 15.9. The van der Waals surface area contributed by atoms with Gasteiger partial charge in [0, 0.05) is 55.7 Å². The minimum absolute atomic E-state index is 0.365. The van der Waals surface area contributed by atoms with Crippen LogP contribution >= 0.6 is 11.3 Å². The third-order valence-electron chi connectivity index (χ3n) is 4.61. The van der Waals surface area contributed by atoms with E-state index in [0.717, 1.165) is 54.8 Å².